The predicted octanol–water partition coefficient (Wildman–Crippen LogP) is 6.31. The van der Waals surface area contributed by atoms with Crippen LogP contribution in [0.5, 0.6) is 11.5 Å². The predicted molar refractivity (Wildman–Crippen MR) is 91.8 cm³/mol. The summed E-state index contributed by atoms with van der Waals surface area (Å²) in [6.07, 6.45) is 0.859. The molecule has 1 unspecified atom stereocenters. The van der Waals surface area contributed by atoms with Gasteiger partial charge in [-0.1, -0.05) is 39.1 Å². The Morgan fingerprint density at radius 3 is 2.33 bits per heavy atom. The number of thiophene rings is 1. The van der Waals surface area contributed by atoms with Crippen molar-refractivity contribution in [2.45, 2.75) is 11.8 Å². The van der Waals surface area contributed by atoms with Gasteiger partial charge in [0.25, 0.3) is 0 Å². The highest BCUT2D eigenvalue weighted by atomic mass is 79.9. The zero-order valence-electron chi connectivity index (χ0n) is 10.7. The van der Waals surface area contributed by atoms with Crippen LogP contribution < -0.4 is 9.47 Å². The normalized spacial score (nSPS) is 15.6. The van der Waals surface area contributed by atoms with Crippen molar-refractivity contribution >= 4 is 62.1 Å². The summed E-state index contributed by atoms with van der Waals surface area (Å²) < 4.78 is 13.4. The van der Waals surface area contributed by atoms with Crippen LogP contribution in [0.15, 0.2) is 22.7 Å². The molecule has 112 valence electrons. The highest BCUT2D eigenvalue weighted by Gasteiger charge is 2.22. The van der Waals surface area contributed by atoms with E-state index in [1.165, 1.54) is 11.3 Å². The van der Waals surface area contributed by atoms with Crippen molar-refractivity contribution in [2.24, 2.45) is 0 Å². The molecule has 0 bridgehead atoms. The standard InChI is InChI=1S/C14H10BrCl3O2S/c15-9-6-11-10(19-2-1-3-20-11)4-7(9)13(17)8-5-12(16)21-14(8)18/h4-6,13H,1-3H2. The summed E-state index contributed by atoms with van der Waals surface area (Å²) in [5, 5.41) is -0.409. The zero-order valence-corrected chi connectivity index (χ0v) is 15.3. The van der Waals surface area contributed by atoms with Gasteiger partial charge in [0.2, 0.25) is 0 Å². The molecule has 0 spiro atoms. The Labute approximate surface area is 150 Å². The van der Waals surface area contributed by atoms with E-state index in [9.17, 15) is 0 Å². The van der Waals surface area contributed by atoms with Gasteiger partial charge in [-0.2, -0.15) is 0 Å². The van der Waals surface area contributed by atoms with Gasteiger partial charge in [-0.25, -0.2) is 0 Å². The van der Waals surface area contributed by atoms with Crippen molar-refractivity contribution < 1.29 is 9.47 Å². The maximum atomic E-state index is 6.58. The summed E-state index contributed by atoms with van der Waals surface area (Å²) in [4.78, 5) is 0. The van der Waals surface area contributed by atoms with E-state index in [1.807, 2.05) is 12.1 Å². The third-order valence-corrected chi connectivity index (χ3v) is 5.77. The average molecular weight is 429 g/mol. The second kappa shape index (κ2) is 6.55. The molecule has 0 aliphatic carbocycles. The van der Waals surface area contributed by atoms with E-state index in [-0.39, 0.29) is 0 Å². The molecule has 0 saturated heterocycles. The van der Waals surface area contributed by atoms with Crippen LogP contribution >= 0.6 is 62.1 Å². The van der Waals surface area contributed by atoms with Gasteiger partial charge in [0.1, 0.15) is 0 Å². The third-order valence-electron chi connectivity index (χ3n) is 3.10. The fraction of sp³-hybridized carbons (Fsp3) is 0.286. The van der Waals surface area contributed by atoms with Crippen molar-refractivity contribution in [3.05, 3.63) is 42.5 Å². The van der Waals surface area contributed by atoms with Gasteiger partial charge in [-0.3, -0.25) is 0 Å². The maximum Gasteiger partial charge on any atom is 0.162 e. The molecule has 2 heterocycles. The summed E-state index contributed by atoms with van der Waals surface area (Å²) in [6, 6.07) is 5.57. The lowest BCUT2D eigenvalue weighted by Gasteiger charge is -2.15. The number of benzene rings is 1. The van der Waals surface area contributed by atoms with Crippen molar-refractivity contribution in [1.82, 2.24) is 0 Å². The summed E-state index contributed by atoms with van der Waals surface area (Å²) in [7, 11) is 0. The van der Waals surface area contributed by atoms with Crippen LogP contribution in [0.2, 0.25) is 8.67 Å². The Kier molecular flexibility index (Phi) is 4.91. The van der Waals surface area contributed by atoms with Gasteiger partial charge in [-0.05, 0) is 23.8 Å². The fourth-order valence-electron chi connectivity index (χ4n) is 2.09. The number of fused-ring (bicyclic) bond motifs is 1. The Balaban J connectivity index is 2.02. The van der Waals surface area contributed by atoms with Gasteiger partial charge in [-0.15, -0.1) is 22.9 Å². The van der Waals surface area contributed by atoms with E-state index in [2.05, 4.69) is 15.9 Å². The zero-order chi connectivity index (χ0) is 15.0. The molecule has 21 heavy (non-hydrogen) atoms. The van der Waals surface area contributed by atoms with Crippen LogP contribution in [-0.2, 0) is 0 Å². The molecule has 1 aliphatic heterocycles. The van der Waals surface area contributed by atoms with Crippen LogP contribution in [0.3, 0.4) is 0 Å². The molecule has 1 aliphatic rings. The first kappa shape index (κ1) is 15.8. The summed E-state index contributed by atoms with van der Waals surface area (Å²) in [5.41, 5.74) is 1.67. The Morgan fingerprint density at radius 1 is 1.05 bits per heavy atom. The molecule has 3 rings (SSSR count). The van der Waals surface area contributed by atoms with E-state index in [0.29, 0.717) is 27.6 Å². The van der Waals surface area contributed by atoms with Gasteiger partial charge in [0.15, 0.2) is 11.5 Å². The summed E-state index contributed by atoms with van der Waals surface area (Å²) in [6.45, 7) is 1.28. The lowest BCUT2D eigenvalue weighted by molar-refractivity contribution is 0.297. The van der Waals surface area contributed by atoms with Crippen molar-refractivity contribution in [3.8, 4) is 11.5 Å². The molecule has 0 amide bonds. The highest BCUT2D eigenvalue weighted by Crippen LogP contribution is 2.45. The molecule has 0 radical (unpaired) electrons. The largest absolute Gasteiger partial charge is 0.490 e. The topological polar surface area (TPSA) is 18.5 Å². The van der Waals surface area contributed by atoms with Crippen LogP contribution in [0.4, 0.5) is 0 Å². The summed E-state index contributed by atoms with van der Waals surface area (Å²) in [5.74, 6) is 1.43. The van der Waals surface area contributed by atoms with Crippen LogP contribution in [0, 0.1) is 0 Å². The van der Waals surface area contributed by atoms with Gasteiger partial charge >= 0.3 is 0 Å². The average Bonchev–Trinajstić information content (AvgIpc) is 2.64. The van der Waals surface area contributed by atoms with Crippen LogP contribution in [0.1, 0.15) is 22.9 Å². The van der Waals surface area contributed by atoms with Gasteiger partial charge in [0, 0.05) is 16.5 Å². The van der Waals surface area contributed by atoms with E-state index in [1.54, 1.807) is 6.07 Å². The number of hydrogen-bond acceptors (Lipinski definition) is 3. The molecule has 0 fully saturated rings. The van der Waals surface area contributed by atoms with E-state index in [0.717, 1.165) is 27.8 Å². The minimum Gasteiger partial charge on any atom is -0.490 e. The number of hydrogen-bond donors (Lipinski definition) is 0. The van der Waals surface area contributed by atoms with Crippen molar-refractivity contribution in [1.29, 1.82) is 0 Å². The van der Waals surface area contributed by atoms with Crippen LogP contribution in [0.25, 0.3) is 0 Å². The number of alkyl halides is 1. The molecule has 1 atom stereocenters. The Morgan fingerprint density at radius 2 is 1.71 bits per heavy atom. The quantitative estimate of drug-likeness (QED) is 0.522. The van der Waals surface area contributed by atoms with Gasteiger partial charge in [0.05, 0.1) is 27.3 Å². The second-order valence-electron chi connectivity index (χ2n) is 4.51. The van der Waals surface area contributed by atoms with E-state index < -0.39 is 5.38 Å². The SMILES string of the molecule is Clc1cc(C(Cl)c2cc3c(cc2Br)OCCCO3)c(Cl)s1. The lowest BCUT2D eigenvalue weighted by atomic mass is 10.1. The Bertz CT molecular complexity index is 674. The summed E-state index contributed by atoms with van der Waals surface area (Å²) >= 11 is 23.6. The first-order valence-electron chi connectivity index (χ1n) is 6.24. The number of ether oxygens (including phenoxy) is 2. The third kappa shape index (κ3) is 3.30. The molecule has 1 aromatic carbocycles. The lowest BCUT2D eigenvalue weighted by Crippen LogP contribution is -1.98. The minimum atomic E-state index is -0.409. The van der Waals surface area contributed by atoms with Crippen molar-refractivity contribution in [2.75, 3.05) is 13.2 Å². The first-order valence-corrected chi connectivity index (χ1v) is 9.04. The second-order valence-corrected chi connectivity index (χ2v) is 8.09. The molecular weight excluding hydrogens is 418 g/mol. The molecule has 0 saturated carbocycles. The molecule has 1 aromatic heterocycles. The van der Waals surface area contributed by atoms with Crippen LogP contribution in [-0.4, -0.2) is 13.2 Å². The van der Waals surface area contributed by atoms with Crippen molar-refractivity contribution in [3.63, 3.8) is 0 Å². The molecule has 2 nitrogen and oxygen atoms in total. The monoisotopic (exact) mass is 426 g/mol. The van der Waals surface area contributed by atoms with E-state index >= 15 is 0 Å². The van der Waals surface area contributed by atoms with Gasteiger partial charge < -0.3 is 9.47 Å². The smallest absolute Gasteiger partial charge is 0.162 e. The fourth-order valence-corrected chi connectivity index (χ4v) is 4.78. The first-order chi connectivity index (χ1) is 10.1. The van der Waals surface area contributed by atoms with E-state index in [4.69, 9.17) is 44.3 Å². The molecule has 2 aromatic rings. The highest BCUT2D eigenvalue weighted by molar-refractivity contribution is 9.10. The number of halogens is 4. The molecule has 7 heteroatoms. The minimum absolute atomic E-state index is 0.409. The Hall–Kier alpha value is -0.130. The maximum absolute atomic E-state index is 6.58. The molecular formula is C14H10BrCl3O2S. The number of rotatable bonds is 2. The molecule has 0 N–H and O–H groups in total.